The van der Waals surface area contributed by atoms with Gasteiger partial charge in [-0.3, -0.25) is 4.57 Å². The first kappa shape index (κ1) is 10.9. The van der Waals surface area contributed by atoms with E-state index in [-0.39, 0.29) is 17.9 Å². The van der Waals surface area contributed by atoms with Crippen LogP contribution in [0.5, 0.6) is 0 Å². The first-order valence-electron chi connectivity index (χ1n) is 3.72. The predicted octanol–water partition coefficient (Wildman–Crippen LogP) is 3.54. The number of nitrogens with zero attached hydrogens (tertiary/aromatic N) is 1. The van der Waals surface area contributed by atoms with Gasteiger partial charge in [-0.2, -0.15) is 0 Å². The summed E-state index contributed by atoms with van der Waals surface area (Å²) in [7, 11) is 0. The molecule has 0 N–H and O–H groups in total. The smallest absolute Gasteiger partial charge is 0.259 e. The highest BCUT2D eigenvalue weighted by molar-refractivity contribution is 5.85. The second-order valence-corrected chi connectivity index (χ2v) is 2.71. The van der Waals surface area contributed by atoms with Crippen molar-refractivity contribution in [1.29, 1.82) is 0 Å². The minimum atomic E-state index is -4.33. The number of rotatable bonds is 0. The quantitative estimate of drug-likeness (QED) is 0.641. The van der Waals surface area contributed by atoms with Gasteiger partial charge in [0.25, 0.3) is 0 Å². The van der Waals surface area contributed by atoms with Crippen LogP contribution < -0.4 is 0 Å². The average Bonchev–Trinajstić information content (AvgIpc) is 2.45. The predicted molar refractivity (Wildman–Crippen MR) is 50.5 cm³/mol. The van der Waals surface area contributed by atoms with Crippen LogP contribution in [0, 0.1) is 0 Å². The van der Waals surface area contributed by atoms with Crippen LogP contribution >= 0.6 is 12.4 Å². The molecule has 1 nitrogen and oxygen atoms in total. The largest absolute Gasteiger partial charge is 0.488 e. The molecule has 0 spiro atoms. The Kier molecular flexibility index (Phi) is 2.76. The molecule has 0 unspecified atom stereocenters. The lowest BCUT2D eigenvalue weighted by Gasteiger charge is -2.08. The summed E-state index contributed by atoms with van der Waals surface area (Å²) < 4.78 is 37.3. The third-order valence-corrected chi connectivity index (χ3v) is 1.87. The van der Waals surface area contributed by atoms with Gasteiger partial charge < -0.3 is 0 Å². The first-order valence-corrected chi connectivity index (χ1v) is 3.72. The Bertz CT molecular complexity index is 433. The molecule has 0 aliphatic carbocycles. The van der Waals surface area contributed by atoms with Crippen molar-refractivity contribution in [3.63, 3.8) is 0 Å². The lowest BCUT2D eigenvalue weighted by molar-refractivity contribution is -0.200. The van der Waals surface area contributed by atoms with Gasteiger partial charge in [-0.05, 0) is 17.5 Å². The van der Waals surface area contributed by atoms with Crippen LogP contribution in [0.3, 0.4) is 0 Å². The molecule has 1 aromatic heterocycles. The van der Waals surface area contributed by atoms with Crippen LogP contribution in [0.25, 0.3) is 10.9 Å². The van der Waals surface area contributed by atoms with Gasteiger partial charge in [0, 0.05) is 6.20 Å². The molecule has 0 aliphatic heterocycles. The van der Waals surface area contributed by atoms with E-state index in [1.54, 1.807) is 18.2 Å². The number of hydrogen-bond acceptors (Lipinski definition) is 0. The number of benzene rings is 1. The Balaban J connectivity index is 0.000000980. The van der Waals surface area contributed by atoms with Crippen LogP contribution in [-0.4, -0.2) is 4.57 Å². The number of halogens is 4. The summed E-state index contributed by atoms with van der Waals surface area (Å²) in [5.41, 5.74) is 0.190. The highest BCUT2D eigenvalue weighted by Gasteiger charge is 2.31. The van der Waals surface area contributed by atoms with Gasteiger partial charge in [0.15, 0.2) is 0 Å². The van der Waals surface area contributed by atoms with Crippen molar-refractivity contribution in [2.24, 2.45) is 0 Å². The Morgan fingerprint density at radius 1 is 1.00 bits per heavy atom. The Morgan fingerprint density at radius 2 is 1.64 bits per heavy atom. The van der Waals surface area contributed by atoms with E-state index in [0.717, 1.165) is 6.20 Å². The van der Waals surface area contributed by atoms with Crippen LogP contribution in [-0.2, 0) is 6.30 Å². The van der Waals surface area contributed by atoms with Crippen molar-refractivity contribution in [2.45, 2.75) is 6.30 Å². The fourth-order valence-electron chi connectivity index (χ4n) is 1.30. The first-order chi connectivity index (χ1) is 6.09. The fraction of sp³-hybridized carbons (Fsp3) is 0.111. The molecule has 0 saturated carbocycles. The van der Waals surface area contributed by atoms with E-state index in [0.29, 0.717) is 9.95 Å². The van der Waals surface area contributed by atoms with E-state index in [1.165, 1.54) is 12.1 Å². The normalized spacial score (nSPS) is 11.4. The van der Waals surface area contributed by atoms with Crippen molar-refractivity contribution in [1.82, 2.24) is 4.57 Å². The van der Waals surface area contributed by atoms with Crippen molar-refractivity contribution in [3.8, 4) is 0 Å². The number of fused-ring (bicyclic) bond motifs is 1. The third-order valence-electron chi connectivity index (χ3n) is 1.87. The highest BCUT2D eigenvalue weighted by Crippen LogP contribution is 2.27. The summed E-state index contributed by atoms with van der Waals surface area (Å²) in [6.45, 7) is 0. The highest BCUT2D eigenvalue weighted by atomic mass is 35.5. The molecule has 0 fully saturated rings. The lowest BCUT2D eigenvalue weighted by Crippen LogP contribution is -2.14. The Hall–Kier alpha value is -1.16. The fourth-order valence-corrected chi connectivity index (χ4v) is 1.30. The van der Waals surface area contributed by atoms with Crippen LogP contribution in [0.2, 0.25) is 0 Å². The van der Waals surface area contributed by atoms with Crippen molar-refractivity contribution >= 4 is 23.3 Å². The van der Waals surface area contributed by atoms with E-state index in [4.69, 9.17) is 0 Å². The van der Waals surface area contributed by atoms with Gasteiger partial charge in [0.1, 0.15) is 0 Å². The molecule has 0 radical (unpaired) electrons. The molecule has 1 aromatic carbocycles. The molecule has 2 rings (SSSR count). The minimum absolute atomic E-state index is 0. The van der Waals surface area contributed by atoms with Crippen molar-refractivity contribution in [3.05, 3.63) is 36.5 Å². The van der Waals surface area contributed by atoms with E-state index in [2.05, 4.69) is 0 Å². The molecule has 1 heterocycles. The van der Waals surface area contributed by atoms with Gasteiger partial charge >= 0.3 is 6.30 Å². The number of hydrogen-bond donors (Lipinski definition) is 0. The van der Waals surface area contributed by atoms with Crippen molar-refractivity contribution in [2.75, 3.05) is 0 Å². The molecule has 0 saturated heterocycles. The topological polar surface area (TPSA) is 4.93 Å². The van der Waals surface area contributed by atoms with Gasteiger partial charge in [-0.25, -0.2) is 0 Å². The van der Waals surface area contributed by atoms with E-state index in [1.807, 2.05) is 0 Å². The standard InChI is InChI=1S/C9H6F3N.ClH/c10-9(11,12)13-6-5-7-3-1-2-4-8(7)13;/h1-6H;1H. The molecule has 0 aliphatic rings. The molecular weight excluding hydrogens is 215 g/mol. The summed E-state index contributed by atoms with van der Waals surface area (Å²) in [5.74, 6) is 0. The monoisotopic (exact) mass is 221 g/mol. The van der Waals surface area contributed by atoms with Crippen LogP contribution in [0.4, 0.5) is 13.2 Å². The SMILES string of the molecule is Cl.FC(F)(F)n1ccc2ccccc21. The van der Waals surface area contributed by atoms with Crippen LogP contribution in [0.1, 0.15) is 0 Å². The lowest BCUT2D eigenvalue weighted by atomic mass is 10.2. The van der Waals surface area contributed by atoms with Crippen molar-refractivity contribution < 1.29 is 13.2 Å². The van der Waals surface area contributed by atoms with Gasteiger partial charge in [0.05, 0.1) is 5.52 Å². The summed E-state index contributed by atoms with van der Waals surface area (Å²) in [6, 6.07) is 7.84. The summed E-state index contributed by atoms with van der Waals surface area (Å²) in [6.07, 6.45) is -3.30. The maximum atomic E-state index is 12.3. The maximum absolute atomic E-state index is 12.3. The maximum Gasteiger partial charge on any atom is 0.488 e. The van der Waals surface area contributed by atoms with E-state index in [9.17, 15) is 13.2 Å². The molecule has 0 amide bonds. The van der Waals surface area contributed by atoms with E-state index >= 15 is 0 Å². The molecule has 2 aromatic rings. The third kappa shape index (κ3) is 1.70. The second-order valence-electron chi connectivity index (χ2n) is 2.71. The van der Waals surface area contributed by atoms with E-state index < -0.39 is 6.30 Å². The Labute approximate surface area is 84.5 Å². The Morgan fingerprint density at radius 3 is 2.29 bits per heavy atom. The number of para-hydroxylation sites is 1. The number of aromatic nitrogens is 1. The van der Waals surface area contributed by atoms with Gasteiger partial charge in [-0.1, -0.05) is 18.2 Å². The number of alkyl halides is 3. The zero-order valence-corrected chi connectivity index (χ0v) is 7.77. The zero-order chi connectivity index (χ0) is 9.47. The molecular formula is C9H7ClF3N. The second kappa shape index (κ2) is 3.53. The van der Waals surface area contributed by atoms with Crippen LogP contribution in [0.15, 0.2) is 36.5 Å². The minimum Gasteiger partial charge on any atom is -0.259 e. The molecule has 76 valence electrons. The summed E-state index contributed by atoms with van der Waals surface area (Å²) >= 11 is 0. The summed E-state index contributed by atoms with van der Waals surface area (Å²) in [4.78, 5) is 0. The molecule has 0 atom stereocenters. The van der Waals surface area contributed by atoms with Gasteiger partial charge in [-0.15, -0.1) is 25.6 Å². The zero-order valence-electron chi connectivity index (χ0n) is 6.95. The molecule has 14 heavy (non-hydrogen) atoms. The average molecular weight is 222 g/mol. The van der Waals surface area contributed by atoms with Gasteiger partial charge in [0.2, 0.25) is 0 Å². The molecule has 5 heteroatoms. The molecule has 0 bridgehead atoms. The summed E-state index contributed by atoms with van der Waals surface area (Å²) in [5, 5.41) is 0.597.